The van der Waals surface area contributed by atoms with E-state index in [-0.39, 0.29) is 18.4 Å². The largest absolute Gasteiger partial charge is 0.497 e. The van der Waals surface area contributed by atoms with Gasteiger partial charge in [-0.3, -0.25) is 0 Å². The molecule has 0 aliphatic carbocycles. The SMILES string of the molecule is COc1ccc([C@H](N)CCC(C)C)c(OC)c1.Cl. The predicted octanol–water partition coefficient (Wildman–Crippen LogP) is 3.56. The molecular formula is C14H24ClNO2. The molecule has 104 valence electrons. The highest BCUT2D eigenvalue weighted by molar-refractivity contribution is 5.85. The summed E-state index contributed by atoms with van der Waals surface area (Å²) in [6.45, 7) is 4.41. The molecule has 0 aliphatic heterocycles. The van der Waals surface area contributed by atoms with E-state index in [2.05, 4.69) is 13.8 Å². The van der Waals surface area contributed by atoms with Crippen molar-refractivity contribution in [2.75, 3.05) is 14.2 Å². The van der Waals surface area contributed by atoms with Crippen molar-refractivity contribution < 1.29 is 9.47 Å². The van der Waals surface area contributed by atoms with Gasteiger partial charge < -0.3 is 15.2 Å². The number of nitrogens with two attached hydrogens (primary N) is 1. The van der Waals surface area contributed by atoms with Crippen LogP contribution in [-0.2, 0) is 0 Å². The molecule has 4 heteroatoms. The molecule has 0 aliphatic rings. The van der Waals surface area contributed by atoms with E-state index in [1.165, 1.54) is 0 Å². The Bertz CT molecular complexity index is 356. The van der Waals surface area contributed by atoms with Crippen LogP contribution in [0.1, 0.15) is 38.3 Å². The van der Waals surface area contributed by atoms with Gasteiger partial charge in [0.2, 0.25) is 0 Å². The molecule has 3 nitrogen and oxygen atoms in total. The normalized spacial score (nSPS) is 11.9. The summed E-state index contributed by atoms with van der Waals surface area (Å²) in [6, 6.07) is 5.82. The molecule has 0 saturated heterocycles. The van der Waals surface area contributed by atoms with Gasteiger partial charge in [-0.2, -0.15) is 0 Å². The average molecular weight is 274 g/mol. The zero-order chi connectivity index (χ0) is 12.8. The smallest absolute Gasteiger partial charge is 0.127 e. The van der Waals surface area contributed by atoms with E-state index in [0.717, 1.165) is 29.9 Å². The number of hydrogen-bond donors (Lipinski definition) is 1. The van der Waals surface area contributed by atoms with Crippen molar-refractivity contribution in [1.82, 2.24) is 0 Å². The highest BCUT2D eigenvalue weighted by atomic mass is 35.5. The van der Waals surface area contributed by atoms with Crippen molar-refractivity contribution >= 4 is 12.4 Å². The molecule has 1 aromatic rings. The standard InChI is InChI=1S/C14H23NO2.ClH/c1-10(2)5-8-13(15)12-7-6-11(16-3)9-14(12)17-4;/h6-7,9-10,13H,5,8,15H2,1-4H3;1H/t13-;/m1./s1. The van der Waals surface area contributed by atoms with Crippen LogP contribution >= 0.6 is 12.4 Å². The summed E-state index contributed by atoms with van der Waals surface area (Å²) in [5.74, 6) is 2.27. The van der Waals surface area contributed by atoms with Crippen LogP contribution < -0.4 is 15.2 Å². The van der Waals surface area contributed by atoms with Crippen molar-refractivity contribution in [3.8, 4) is 11.5 Å². The van der Waals surface area contributed by atoms with Crippen molar-refractivity contribution in [2.24, 2.45) is 11.7 Å². The third-order valence-corrected chi connectivity index (χ3v) is 2.90. The van der Waals surface area contributed by atoms with Gasteiger partial charge in [0.15, 0.2) is 0 Å². The van der Waals surface area contributed by atoms with E-state index in [9.17, 15) is 0 Å². The zero-order valence-corrected chi connectivity index (χ0v) is 12.4. The summed E-state index contributed by atoms with van der Waals surface area (Å²) < 4.78 is 10.5. The minimum absolute atomic E-state index is 0. The second kappa shape index (κ2) is 8.22. The first kappa shape index (κ1) is 17.1. The number of hydrogen-bond acceptors (Lipinski definition) is 3. The van der Waals surface area contributed by atoms with Crippen LogP contribution in [-0.4, -0.2) is 14.2 Å². The topological polar surface area (TPSA) is 44.5 Å². The fourth-order valence-electron chi connectivity index (χ4n) is 1.79. The molecule has 0 unspecified atom stereocenters. The van der Waals surface area contributed by atoms with Crippen LogP contribution in [0.4, 0.5) is 0 Å². The second-order valence-electron chi connectivity index (χ2n) is 4.69. The summed E-state index contributed by atoms with van der Waals surface area (Å²) in [7, 11) is 3.31. The van der Waals surface area contributed by atoms with E-state index in [4.69, 9.17) is 15.2 Å². The molecule has 0 fully saturated rings. The average Bonchev–Trinajstić information content (AvgIpc) is 2.34. The van der Waals surface area contributed by atoms with E-state index < -0.39 is 0 Å². The maximum atomic E-state index is 6.19. The van der Waals surface area contributed by atoms with Crippen LogP contribution in [0.3, 0.4) is 0 Å². The van der Waals surface area contributed by atoms with Gasteiger partial charge >= 0.3 is 0 Å². The van der Waals surface area contributed by atoms with Gasteiger partial charge in [-0.15, -0.1) is 12.4 Å². The second-order valence-corrected chi connectivity index (χ2v) is 4.69. The van der Waals surface area contributed by atoms with Crippen molar-refractivity contribution in [3.05, 3.63) is 23.8 Å². The lowest BCUT2D eigenvalue weighted by atomic mass is 9.97. The van der Waals surface area contributed by atoms with Crippen molar-refractivity contribution in [1.29, 1.82) is 0 Å². The fraction of sp³-hybridized carbons (Fsp3) is 0.571. The monoisotopic (exact) mass is 273 g/mol. The Morgan fingerprint density at radius 2 is 1.78 bits per heavy atom. The summed E-state index contributed by atoms with van der Waals surface area (Å²) in [6.07, 6.45) is 2.09. The van der Waals surface area contributed by atoms with E-state index in [1.54, 1.807) is 14.2 Å². The Morgan fingerprint density at radius 3 is 2.28 bits per heavy atom. The van der Waals surface area contributed by atoms with Crippen LogP contribution in [0, 0.1) is 5.92 Å². The number of benzene rings is 1. The zero-order valence-electron chi connectivity index (χ0n) is 11.6. The quantitative estimate of drug-likeness (QED) is 0.862. The summed E-state index contributed by atoms with van der Waals surface area (Å²) >= 11 is 0. The molecule has 1 atom stereocenters. The predicted molar refractivity (Wildman–Crippen MR) is 77.8 cm³/mol. The van der Waals surface area contributed by atoms with Crippen molar-refractivity contribution in [2.45, 2.75) is 32.7 Å². The maximum absolute atomic E-state index is 6.19. The molecular weight excluding hydrogens is 250 g/mol. The van der Waals surface area contributed by atoms with E-state index >= 15 is 0 Å². The first-order valence-corrected chi connectivity index (χ1v) is 6.06. The van der Waals surface area contributed by atoms with Gasteiger partial charge in [-0.25, -0.2) is 0 Å². The number of methoxy groups -OCH3 is 2. The van der Waals surface area contributed by atoms with Gasteiger partial charge in [0.25, 0.3) is 0 Å². The minimum Gasteiger partial charge on any atom is -0.497 e. The minimum atomic E-state index is 0. The van der Waals surface area contributed by atoms with Crippen LogP contribution in [0.15, 0.2) is 18.2 Å². The molecule has 0 aromatic heterocycles. The molecule has 0 radical (unpaired) electrons. The Balaban J connectivity index is 0.00000289. The Kier molecular flexibility index (Phi) is 7.80. The summed E-state index contributed by atoms with van der Waals surface area (Å²) in [5, 5.41) is 0. The van der Waals surface area contributed by atoms with Crippen LogP contribution in [0.2, 0.25) is 0 Å². The van der Waals surface area contributed by atoms with Gasteiger partial charge in [0.1, 0.15) is 11.5 Å². The van der Waals surface area contributed by atoms with Crippen LogP contribution in [0.25, 0.3) is 0 Å². The maximum Gasteiger partial charge on any atom is 0.127 e. The Labute approximate surface area is 116 Å². The lowest BCUT2D eigenvalue weighted by molar-refractivity contribution is 0.385. The molecule has 1 rings (SSSR count). The molecule has 0 heterocycles. The summed E-state index contributed by atoms with van der Waals surface area (Å²) in [4.78, 5) is 0. The van der Waals surface area contributed by atoms with Gasteiger partial charge in [0.05, 0.1) is 14.2 Å². The number of halogens is 1. The summed E-state index contributed by atoms with van der Waals surface area (Å²) in [5.41, 5.74) is 7.24. The molecule has 2 N–H and O–H groups in total. The molecule has 0 spiro atoms. The highest BCUT2D eigenvalue weighted by Crippen LogP contribution is 2.30. The fourth-order valence-corrected chi connectivity index (χ4v) is 1.79. The van der Waals surface area contributed by atoms with E-state index in [0.29, 0.717) is 5.92 Å². The Hall–Kier alpha value is -0.930. The lowest BCUT2D eigenvalue weighted by Gasteiger charge is -2.17. The third kappa shape index (κ3) is 4.75. The van der Waals surface area contributed by atoms with Gasteiger partial charge in [0, 0.05) is 17.7 Å². The number of rotatable bonds is 6. The van der Waals surface area contributed by atoms with Gasteiger partial charge in [-0.05, 0) is 24.8 Å². The van der Waals surface area contributed by atoms with Crippen molar-refractivity contribution in [3.63, 3.8) is 0 Å². The molecule has 0 bridgehead atoms. The molecule has 0 amide bonds. The molecule has 18 heavy (non-hydrogen) atoms. The highest BCUT2D eigenvalue weighted by Gasteiger charge is 2.13. The molecule has 1 aromatic carbocycles. The van der Waals surface area contributed by atoms with Crippen LogP contribution in [0.5, 0.6) is 11.5 Å². The number of ether oxygens (including phenoxy) is 2. The third-order valence-electron chi connectivity index (χ3n) is 2.90. The van der Waals surface area contributed by atoms with E-state index in [1.807, 2.05) is 18.2 Å². The Morgan fingerprint density at radius 1 is 1.11 bits per heavy atom. The first-order chi connectivity index (χ1) is 8.08. The first-order valence-electron chi connectivity index (χ1n) is 6.06. The lowest BCUT2D eigenvalue weighted by Crippen LogP contribution is -2.12. The molecule has 0 saturated carbocycles. The van der Waals surface area contributed by atoms with Gasteiger partial charge in [-0.1, -0.05) is 19.9 Å².